The third kappa shape index (κ3) is 1.48. The number of rotatable bonds is 2. The molecule has 4 saturated carbocycles. The first kappa shape index (κ1) is 10.9. The molecule has 4 fully saturated rings. The largest absolute Gasteiger partial charge is 0.0530 e. The lowest BCUT2D eigenvalue weighted by Gasteiger charge is -2.62. The van der Waals surface area contributed by atoms with Crippen LogP contribution < -0.4 is 0 Å². The van der Waals surface area contributed by atoms with Crippen LogP contribution in [0.3, 0.4) is 0 Å². The minimum absolute atomic E-state index is 0.869. The predicted octanol–water partition coefficient (Wildman–Crippen LogP) is 5.32. The van der Waals surface area contributed by atoms with Gasteiger partial charge in [-0.25, -0.2) is 0 Å². The van der Waals surface area contributed by atoms with Gasteiger partial charge in [0.2, 0.25) is 0 Å². The van der Waals surface area contributed by atoms with E-state index >= 15 is 0 Å². The molecule has 4 rings (SSSR count). The van der Waals surface area contributed by atoms with Gasteiger partial charge in [0.05, 0.1) is 0 Å². The van der Waals surface area contributed by atoms with E-state index in [0.29, 0.717) is 0 Å². The number of fused-ring (bicyclic) bond motifs is 2. The molecule has 0 heterocycles. The highest BCUT2D eigenvalue weighted by Crippen LogP contribution is 2.67. The van der Waals surface area contributed by atoms with Gasteiger partial charge in [-0.3, -0.25) is 0 Å². The minimum Gasteiger partial charge on any atom is -0.0530 e. The smallest absolute Gasteiger partial charge is 0.0264 e. The molecule has 4 aliphatic carbocycles. The van der Waals surface area contributed by atoms with E-state index in [2.05, 4.69) is 0 Å². The first-order valence-electron chi connectivity index (χ1n) is 8.33. The Morgan fingerprint density at radius 2 is 1.12 bits per heavy atom. The van der Waals surface area contributed by atoms with Gasteiger partial charge < -0.3 is 0 Å². The predicted molar refractivity (Wildman–Crippen MR) is 71.9 cm³/mol. The molecule has 0 bridgehead atoms. The Labute approximate surface area is 107 Å². The molecule has 0 amide bonds. The van der Waals surface area contributed by atoms with E-state index < -0.39 is 0 Å². The van der Waals surface area contributed by atoms with Crippen LogP contribution in [0.15, 0.2) is 0 Å². The van der Waals surface area contributed by atoms with Crippen LogP contribution in [0.1, 0.15) is 83.5 Å². The Kier molecular flexibility index (Phi) is 2.40. The summed E-state index contributed by atoms with van der Waals surface area (Å²) in [5.41, 5.74) is 1.74. The van der Waals surface area contributed by atoms with Crippen LogP contribution in [0, 0.1) is 22.7 Å². The fourth-order valence-corrected chi connectivity index (χ4v) is 6.15. The highest BCUT2D eigenvalue weighted by molar-refractivity contribution is 5.07. The lowest BCUT2D eigenvalue weighted by atomic mass is 9.43. The molecule has 4 unspecified atom stereocenters. The van der Waals surface area contributed by atoms with Crippen molar-refractivity contribution in [3.05, 3.63) is 0 Å². The molecule has 0 saturated heterocycles. The lowest BCUT2D eigenvalue weighted by molar-refractivity contribution is -0.119. The summed E-state index contributed by atoms with van der Waals surface area (Å²) in [6.45, 7) is 0. The van der Waals surface area contributed by atoms with Gasteiger partial charge in [0.1, 0.15) is 0 Å². The van der Waals surface area contributed by atoms with Gasteiger partial charge in [-0.05, 0) is 80.5 Å². The lowest BCUT2D eigenvalue weighted by Crippen LogP contribution is -2.52. The molecule has 0 radical (unpaired) electrons. The monoisotopic (exact) mass is 232 g/mol. The van der Waals surface area contributed by atoms with Gasteiger partial charge in [-0.2, -0.15) is 0 Å². The third-order valence-corrected chi connectivity index (χ3v) is 7.37. The van der Waals surface area contributed by atoms with Crippen molar-refractivity contribution in [2.45, 2.75) is 83.5 Å². The van der Waals surface area contributed by atoms with Gasteiger partial charge in [0.25, 0.3) is 0 Å². The van der Waals surface area contributed by atoms with E-state index in [1.807, 2.05) is 0 Å². The average molecular weight is 232 g/mol. The maximum Gasteiger partial charge on any atom is -0.0264 e. The van der Waals surface area contributed by atoms with Gasteiger partial charge in [0.15, 0.2) is 0 Å². The van der Waals surface area contributed by atoms with Crippen molar-refractivity contribution < 1.29 is 0 Å². The molecular weight excluding hydrogens is 204 g/mol. The van der Waals surface area contributed by atoms with Crippen LogP contribution in [-0.2, 0) is 0 Å². The minimum atomic E-state index is 0.869. The van der Waals surface area contributed by atoms with Crippen molar-refractivity contribution >= 4 is 0 Å². The Hall–Kier alpha value is 0. The third-order valence-electron chi connectivity index (χ3n) is 7.37. The molecule has 0 aromatic rings. The molecule has 0 nitrogen and oxygen atoms in total. The molecule has 0 aromatic heterocycles. The van der Waals surface area contributed by atoms with Crippen molar-refractivity contribution in [3.8, 4) is 0 Å². The molecule has 0 spiro atoms. The molecule has 4 aliphatic rings. The maximum absolute atomic E-state index is 1.66. The molecule has 17 heavy (non-hydrogen) atoms. The summed E-state index contributed by atoms with van der Waals surface area (Å²) in [4.78, 5) is 0. The summed E-state index contributed by atoms with van der Waals surface area (Å²) < 4.78 is 0. The van der Waals surface area contributed by atoms with Gasteiger partial charge in [-0.15, -0.1) is 0 Å². The van der Waals surface area contributed by atoms with Gasteiger partial charge in [-0.1, -0.05) is 25.7 Å². The maximum atomic E-state index is 1.66. The average Bonchev–Trinajstić information content (AvgIpc) is 2.29. The van der Waals surface area contributed by atoms with Crippen molar-refractivity contribution in [1.29, 1.82) is 0 Å². The van der Waals surface area contributed by atoms with Crippen LogP contribution in [0.2, 0.25) is 0 Å². The fourth-order valence-electron chi connectivity index (χ4n) is 6.15. The second kappa shape index (κ2) is 3.75. The van der Waals surface area contributed by atoms with Crippen molar-refractivity contribution in [3.63, 3.8) is 0 Å². The van der Waals surface area contributed by atoms with Crippen LogP contribution in [0.25, 0.3) is 0 Å². The zero-order valence-electron chi connectivity index (χ0n) is 11.3. The summed E-state index contributed by atoms with van der Waals surface area (Å²) in [6.07, 6.45) is 20.6. The zero-order valence-corrected chi connectivity index (χ0v) is 11.3. The fraction of sp³-hybridized carbons (Fsp3) is 1.00. The van der Waals surface area contributed by atoms with Crippen LogP contribution >= 0.6 is 0 Å². The molecule has 4 atom stereocenters. The van der Waals surface area contributed by atoms with E-state index in [-0.39, 0.29) is 0 Å². The number of hydrogen-bond acceptors (Lipinski definition) is 0. The normalized spacial score (nSPS) is 52.9. The molecule has 96 valence electrons. The van der Waals surface area contributed by atoms with Gasteiger partial charge in [0, 0.05) is 0 Å². The highest BCUT2D eigenvalue weighted by atomic mass is 14.6. The van der Waals surface area contributed by atoms with E-state index in [1.165, 1.54) is 0 Å². The Bertz CT molecular complexity index is 277. The van der Waals surface area contributed by atoms with E-state index in [0.717, 1.165) is 22.7 Å². The molecule has 0 heteroatoms. The highest BCUT2D eigenvalue weighted by Gasteiger charge is 2.56. The summed E-state index contributed by atoms with van der Waals surface area (Å²) in [5.74, 6) is 2.32. The molecular formula is C17H28. The summed E-state index contributed by atoms with van der Waals surface area (Å²) in [7, 11) is 0. The van der Waals surface area contributed by atoms with Gasteiger partial charge >= 0.3 is 0 Å². The summed E-state index contributed by atoms with van der Waals surface area (Å²) in [5, 5.41) is 0. The molecule has 0 aromatic carbocycles. The SMILES string of the molecule is C1CCC2(CC34CCCCC3CC4)CCC2C1. The summed E-state index contributed by atoms with van der Waals surface area (Å²) >= 11 is 0. The van der Waals surface area contributed by atoms with Crippen LogP contribution in [-0.4, -0.2) is 0 Å². The zero-order chi connectivity index (χ0) is 11.3. The summed E-state index contributed by atoms with van der Waals surface area (Å²) in [6, 6.07) is 0. The second-order valence-corrected chi connectivity index (χ2v) is 7.86. The molecule has 0 N–H and O–H groups in total. The molecule has 0 aliphatic heterocycles. The Morgan fingerprint density at radius 1 is 0.588 bits per heavy atom. The topological polar surface area (TPSA) is 0 Å². The van der Waals surface area contributed by atoms with Crippen molar-refractivity contribution in [2.75, 3.05) is 0 Å². The van der Waals surface area contributed by atoms with Crippen LogP contribution in [0.4, 0.5) is 0 Å². The second-order valence-electron chi connectivity index (χ2n) is 7.86. The Balaban J connectivity index is 1.52. The first-order valence-corrected chi connectivity index (χ1v) is 8.33. The van der Waals surface area contributed by atoms with E-state index in [1.54, 1.807) is 83.5 Å². The first-order chi connectivity index (χ1) is 8.33. The standard InChI is InChI=1S/C17H28/c1-3-9-16(11-7-14(16)5-1)13-17-10-4-2-6-15(17)8-12-17/h14-15H,1-13H2. The van der Waals surface area contributed by atoms with Crippen molar-refractivity contribution in [1.82, 2.24) is 0 Å². The van der Waals surface area contributed by atoms with Crippen molar-refractivity contribution in [2.24, 2.45) is 22.7 Å². The van der Waals surface area contributed by atoms with E-state index in [4.69, 9.17) is 0 Å². The quantitative estimate of drug-likeness (QED) is 0.604. The Morgan fingerprint density at radius 3 is 1.47 bits per heavy atom. The van der Waals surface area contributed by atoms with E-state index in [9.17, 15) is 0 Å². The van der Waals surface area contributed by atoms with Crippen LogP contribution in [0.5, 0.6) is 0 Å². The number of hydrogen-bond donors (Lipinski definition) is 0.